The molecular formula is C13H20N7O7P. The first-order valence-corrected chi connectivity index (χ1v) is 9.76. The van der Waals surface area contributed by atoms with Gasteiger partial charge in [-0.1, -0.05) is 0 Å². The number of hydrogen-bond donors (Lipinski definition) is 7. The fraction of sp³-hybridized carbons (Fsp3) is 0.538. The summed E-state index contributed by atoms with van der Waals surface area (Å²) in [7, 11) is -4.80. The maximum Gasteiger partial charge on any atom is 0.429 e. The normalized spacial score (nSPS) is 25.0. The maximum absolute atomic E-state index is 11.6. The van der Waals surface area contributed by atoms with E-state index in [0.29, 0.717) is 11.2 Å². The maximum atomic E-state index is 11.6. The van der Waals surface area contributed by atoms with Gasteiger partial charge < -0.3 is 36.2 Å². The number of aliphatic hydroxyl groups is 2. The molecule has 1 amide bonds. The molecule has 0 aliphatic carbocycles. The van der Waals surface area contributed by atoms with Crippen LogP contribution < -0.4 is 16.6 Å². The molecule has 3 heterocycles. The lowest BCUT2D eigenvalue weighted by atomic mass is 10.0. The molecule has 15 heteroatoms. The molecule has 0 spiro atoms. The number of amides is 1. The molecule has 28 heavy (non-hydrogen) atoms. The Morgan fingerprint density at radius 1 is 1.43 bits per heavy atom. The van der Waals surface area contributed by atoms with Gasteiger partial charge in [0.05, 0.1) is 24.6 Å². The predicted octanol–water partition coefficient (Wildman–Crippen LogP) is -2.66. The van der Waals surface area contributed by atoms with Crippen LogP contribution in [0.3, 0.4) is 0 Å². The Morgan fingerprint density at radius 2 is 2.14 bits per heavy atom. The van der Waals surface area contributed by atoms with Gasteiger partial charge in [0.15, 0.2) is 11.5 Å². The molecule has 1 saturated heterocycles. The summed E-state index contributed by atoms with van der Waals surface area (Å²) in [5, 5.41) is 22.0. The Kier molecular flexibility index (Phi) is 5.63. The molecular weight excluding hydrogens is 397 g/mol. The Balaban J connectivity index is 1.68. The third kappa shape index (κ3) is 4.28. The second kappa shape index (κ2) is 7.67. The summed E-state index contributed by atoms with van der Waals surface area (Å²) >= 11 is 0. The Hall–Kier alpha value is -2.19. The number of carbonyl (C=O) groups excluding carboxylic acids is 1. The lowest BCUT2D eigenvalue weighted by Crippen LogP contribution is -2.45. The molecule has 0 radical (unpaired) electrons. The molecule has 1 fully saturated rings. The van der Waals surface area contributed by atoms with Crippen LogP contribution in [-0.4, -0.2) is 69.8 Å². The summed E-state index contributed by atoms with van der Waals surface area (Å²) in [6.45, 7) is 0. The van der Waals surface area contributed by atoms with Crippen molar-refractivity contribution in [1.82, 2.24) is 24.6 Å². The fourth-order valence-corrected chi connectivity index (χ4v) is 3.46. The smallest absolute Gasteiger partial charge is 0.390 e. The molecule has 0 bridgehead atoms. The topological polar surface area (TPSA) is 232 Å². The van der Waals surface area contributed by atoms with Gasteiger partial charge in [0, 0.05) is 12.8 Å². The van der Waals surface area contributed by atoms with Gasteiger partial charge in [-0.25, -0.2) is 19.5 Å². The molecule has 154 valence electrons. The van der Waals surface area contributed by atoms with E-state index in [2.05, 4.69) is 15.0 Å². The average molecular weight is 417 g/mol. The zero-order valence-corrected chi connectivity index (χ0v) is 15.3. The second-order valence-corrected chi connectivity index (χ2v) is 7.68. The number of aromatic nitrogens is 4. The molecule has 2 unspecified atom stereocenters. The van der Waals surface area contributed by atoms with Gasteiger partial charge >= 0.3 is 7.75 Å². The first kappa shape index (κ1) is 20.5. The van der Waals surface area contributed by atoms with Crippen molar-refractivity contribution in [3.05, 3.63) is 12.7 Å². The molecule has 1 aliphatic heterocycles. The minimum absolute atomic E-state index is 0.0982. The van der Waals surface area contributed by atoms with Gasteiger partial charge in [0.2, 0.25) is 5.91 Å². The summed E-state index contributed by atoms with van der Waals surface area (Å²) in [5.74, 6) is -0.954. The standard InChI is InChI=1S/C13H20N7O7P/c14-5(13(23)19-28(24,25)26)1-6(21)10-7(22)2-8(27-10)20-4-18-9-11(15)16-3-17-12(9)20/h3-8,10,21-22H,1-2,14H2,(H2,15,16,17)(H3,19,23,24,25,26)/t5?,6?,7-,8+,10+/m0/s1. The largest absolute Gasteiger partial charge is 0.429 e. The minimum atomic E-state index is -4.80. The van der Waals surface area contributed by atoms with Crippen molar-refractivity contribution in [2.24, 2.45) is 5.73 Å². The van der Waals surface area contributed by atoms with Gasteiger partial charge in [0.25, 0.3) is 0 Å². The third-order valence-corrected chi connectivity index (χ3v) is 4.81. The first-order valence-electron chi connectivity index (χ1n) is 8.14. The number of nitrogens with one attached hydrogen (secondary N) is 1. The van der Waals surface area contributed by atoms with E-state index >= 15 is 0 Å². The number of ether oxygens (including phenoxy) is 1. The van der Waals surface area contributed by atoms with E-state index in [-0.39, 0.29) is 18.7 Å². The Labute approximate surface area is 157 Å². The van der Waals surface area contributed by atoms with Crippen LogP contribution in [0.1, 0.15) is 19.1 Å². The van der Waals surface area contributed by atoms with Crippen molar-refractivity contribution < 1.29 is 34.1 Å². The van der Waals surface area contributed by atoms with Gasteiger partial charge in [0.1, 0.15) is 24.2 Å². The van der Waals surface area contributed by atoms with Crippen LogP contribution in [0, 0.1) is 0 Å². The summed E-state index contributed by atoms with van der Waals surface area (Å²) in [5.41, 5.74) is 12.0. The van der Waals surface area contributed by atoms with E-state index in [4.69, 9.17) is 26.0 Å². The number of anilines is 1. The zero-order valence-electron chi connectivity index (χ0n) is 14.4. The molecule has 2 aromatic rings. The number of nitrogens with two attached hydrogens (primary N) is 2. The highest BCUT2D eigenvalue weighted by atomic mass is 31.2. The van der Waals surface area contributed by atoms with E-state index in [1.807, 2.05) is 0 Å². The molecule has 9 N–H and O–H groups in total. The van der Waals surface area contributed by atoms with Gasteiger partial charge in [-0.3, -0.25) is 14.4 Å². The molecule has 1 aliphatic rings. The molecule has 3 rings (SSSR count). The number of nitrogen functional groups attached to an aromatic ring is 1. The van der Waals surface area contributed by atoms with Crippen LogP contribution in [-0.2, 0) is 14.1 Å². The molecule has 2 aromatic heterocycles. The minimum Gasteiger partial charge on any atom is -0.390 e. The summed E-state index contributed by atoms with van der Waals surface area (Å²) in [6.07, 6.45) is -1.88. The number of carbonyl (C=O) groups is 1. The van der Waals surface area contributed by atoms with Crippen LogP contribution in [0.25, 0.3) is 11.2 Å². The van der Waals surface area contributed by atoms with Crippen molar-refractivity contribution in [1.29, 1.82) is 0 Å². The SMILES string of the molecule is Nc1ncnc2c1ncn2[C@H]1C[C@H](O)[C@@H](C(O)CC(N)C(=O)NP(=O)(O)O)O1. The molecule has 0 saturated carbocycles. The lowest BCUT2D eigenvalue weighted by molar-refractivity contribution is -0.123. The van der Waals surface area contributed by atoms with Gasteiger partial charge in [-0.15, -0.1) is 0 Å². The second-order valence-electron chi connectivity index (χ2n) is 6.37. The molecule has 0 aromatic carbocycles. The van der Waals surface area contributed by atoms with Crippen LogP contribution in [0.2, 0.25) is 0 Å². The van der Waals surface area contributed by atoms with Crippen molar-refractivity contribution >= 4 is 30.6 Å². The van der Waals surface area contributed by atoms with Crippen LogP contribution in [0.5, 0.6) is 0 Å². The van der Waals surface area contributed by atoms with E-state index in [1.165, 1.54) is 22.3 Å². The van der Waals surface area contributed by atoms with Crippen LogP contribution in [0.4, 0.5) is 5.82 Å². The first-order chi connectivity index (χ1) is 13.1. The summed E-state index contributed by atoms with van der Waals surface area (Å²) in [4.78, 5) is 41.1. The van der Waals surface area contributed by atoms with E-state index in [1.54, 1.807) is 0 Å². The number of hydrogen-bond acceptors (Lipinski definition) is 10. The number of aliphatic hydroxyl groups excluding tert-OH is 2. The highest BCUT2D eigenvalue weighted by Gasteiger charge is 2.41. The van der Waals surface area contributed by atoms with Crippen LogP contribution in [0.15, 0.2) is 12.7 Å². The predicted molar refractivity (Wildman–Crippen MR) is 93.1 cm³/mol. The number of rotatable bonds is 6. The molecule has 5 atom stereocenters. The zero-order chi connectivity index (χ0) is 20.6. The van der Waals surface area contributed by atoms with E-state index in [9.17, 15) is 19.6 Å². The van der Waals surface area contributed by atoms with Crippen molar-refractivity contribution in [3.8, 4) is 0 Å². The molecule has 14 nitrogen and oxygen atoms in total. The van der Waals surface area contributed by atoms with Crippen molar-refractivity contribution in [2.45, 2.75) is 43.4 Å². The van der Waals surface area contributed by atoms with E-state index < -0.39 is 44.2 Å². The average Bonchev–Trinajstić information content (AvgIpc) is 3.17. The lowest BCUT2D eigenvalue weighted by Gasteiger charge is -2.23. The number of fused-ring (bicyclic) bond motifs is 1. The quantitative estimate of drug-likeness (QED) is 0.239. The van der Waals surface area contributed by atoms with Crippen LogP contribution >= 0.6 is 7.75 Å². The third-order valence-electron chi connectivity index (χ3n) is 4.30. The fourth-order valence-electron chi connectivity index (χ4n) is 3.00. The summed E-state index contributed by atoms with van der Waals surface area (Å²) in [6, 6.07) is -1.42. The van der Waals surface area contributed by atoms with Crippen molar-refractivity contribution in [2.75, 3.05) is 5.73 Å². The number of imidazole rings is 1. The van der Waals surface area contributed by atoms with Gasteiger partial charge in [-0.05, 0) is 0 Å². The highest BCUT2D eigenvalue weighted by molar-refractivity contribution is 7.50. The van der Waals surface area contributed by atoms with Crippen molar-refractivity contribution in [3.63, 3.8) is 0 Å². The number of nitrogens with zero attached hydrogens (tertiary/aromatic N) is 4. The highest BCUT2D eigenvalue weighted by Crippen LogP contribution is 2.34. The monoisotopic (exact) mass is 417 g/mol. The summed E-state index contributed by atoms with van der Waals surface area (Å²) < 4.78 is 18.0. The van der Waals surface area contributed by atoms with Gasteiger partial charge in [-0.2, -0.15) is 0 Å². The van der Waals surface area contributed by atoms with E-state index in [0.717, 1.165) is 0 Å². The Morgan fingerprint density at radius 3 is 2.82 bits per heavy atom. The Bertz CT molecular complexity index is 918.